The lowest BCUT2D eigenvalue weighted by Crippen LogP contribution is -2.58. The van der Waals surface area contributed by atoms with E-state index in [1.807, 2.05) is 44.4 Å². The Hall–Kier alpha value is -2.70. The number of hydrogen-bond donors (Lipinski definition) is 7. The van der Waals surface area contributed by atoms with E-state index >= 15 is 0 Å². The van der Waals surface area contributed by atoms with Crippen LogP contribution in [-0.2, 0) is 25.6 Å². The second-order valence-corrected chi connectivity index (χ2v) is 10.3. The van der Waals surface area contributed by atoms with Crippen LogP contribution in [0.15, 0.2) is 30.5 Å². The molecule has 12 heteroatoms. The Morgan fingerprint density at radius 3 is 2.30 bits per heavy atom. The number of rotatable bonds is 15. The van der Waals surface area contributed by atoms with Crippen LogP contribution >= 0.6 is 24.4 Å². The van der Waals surface area contributed by atoms with Gasteiger partial charge in [-0.25, -0.2) is 4.79 Å². The van der Waals surface area contributed by atoms with E-state index in [9.17, 15) is 24.3 Å². The minimum Gasteiger partial charge on any atom is -0.480 e. The molecule has 3 amide bonds. The fourth-order valence-corrected chi connectivity index (χ4v) is 4.47. The van der Waals surface area contributed by atoms with Gasteiger partial charge in [-0.15, -0.1) is 0 Å². The number of carboxylic acids is 1. The van der Waals surface area contributed by atoms with Gasteiger partial charge in [-0.05, 0) is 36.0 Å². The van der Waals surface area contributed by atoms with Crippen LogP contribution in [-0.4, -0.2) is 75.7 Å². The molecule has 204 valence electrons. The van der Waals surface area contributed by atoms with Crippen LogP contribution < -0.4 is 21.7 Å². The van der Waals surface area contributed by atoms with Gasteiger partial charge in [0.05, 0.1) is 6.04 Å². The fourth-order valence-electron chi connectivity index (χ4n) is 3.74. The third kappa shape index (κ3) is 8.68. The first-order valence-corrected chi connectivity index (χ1v) is 14.2. The summed E-state index contributed by atoms with van der Waals surface area (Å²) in [5.41, 5.74) is 7.79. The highest BCUT2D eigenvalue weighted by molar-refractivity contribution is 7.98. The number of aromatic amines is 1. The van der Waals surface area contributed by atoms with Gasteiger partial charge in [-0.1, -0.05) is 38.5 Å². The minimum atomic E-state index is -1.16. The molecule has 1 aromatic carbocycles. The number of hydrogen-bond acceptors (Lipinski definition) is 7. The smallest absolute Gasteiger partial charge is 0.326 e. The summed E-state index contributed by atoms with van der Waals surface area (Å²) in [6.07, 6.45) is 4.70. The summed E-state index contributed by atoms with van der Waals surface area (Å²) in [6, 6.07) is 3.56. The zero-order valence-electron chi connectivity index (χ0n) is 21.3. The van der Waals surface area contributed by atoms with Crippen molar-refractivity contribution < 1.29 is 24.3 Å². The molecule has 0 bridgehead atoms. The molecule has 0 saturated heterocycles. The summed E-state index contributed by atoms with van der Waals surface area (Å²) in [7, 11) is 0. The highest BCUT2D eigenvalue weighted by Crippen LogP contribution is 2.19. The second kappa shape index (κ2) is 14.9. The molecule has 0 fully saturated rings. The van der Waals surface area contributed by atoms with Crippen LogP contribution in [0.3, 0.4) is 0 Å². The molecule has 2 rings (SSSR count). The molecule has 1 aromatic heterocycles. The zero-order chi connectivity index (χ0) is 27.5. The van der Waals surface area contributed by atoms with Crippen LogP contribution in [0.5, 0.6) is 0 Å². The highest BCUT2D eigenvalue weighted by atomic mass is 32.2. The summed E-state index contributed by atoms with van der Waals surface area (Å²) in [5.74, 6) is -2.50. The van der Waals surface area contributed by atoms with Gasteiger partial charge in [-0.2, -0.15) is 24.4 Å². The van der Waals surface area contributed by atoms with Gasteiger partial charge in [0.2, 0.25) is 17.7 Å². The largest absolute Gasteiger partial charge is 0.480 e. The van der Waals surface area contributed by atoms with Gasteiger partial charge in [0, 0.05) is 29.3 Å². The Kier molecular flexibility index (Phi) is 12.3. The van der Waals surface area contributed by atoms with Crippen LogP contribution in [0, 0.1) is 5.92 Å². The number of carbonyl (C=O) groups is 4. The lowest BCUT2D eigenvalue weighted by molar-refractivity contribution is -0.142. The molecule has 0 aliphatic heterocycles. The number of para-hydroxylation sites is 1. The van der Waals surface area contributed by atoms with Crippen molar-refractivity contribution >= 4 is 59.0 Å². The number of thiol groups is 1. The first-order valence-electron chi connectivity index (χ1n) is 12.2. The van der Waals surface area contributed by atoms with E-state index in [1.165, 1.54) is 11.8 Å². The van der Waals surface area contributed by atoms with Gasteiger partial charge in [-0.3, -0.25) is 14.4 Å². The van der Waals surface area contributed by atoms with Crippen molar-refractivity contribution in [3.8, 4) is 0 Å². The number of fused-ring (bicyclic) bond motifs is 1. The zero-order valence-corrected chi connectivity index (χ0v) is 23.0. The average molecular weight is 552 g/mol. The summed E-state index contributed by atoms with van der Waals surface area (Å²) < 4.78 is 0. The lowest BCUT2D eigenvalue weighted by atomic mass is 9.98. The van der Waals surface area contributed by atoms with Crippen molar-refractivity contribution in [3.05, 3.63) is 36.0 Å². The summed E-state index contributed by atoms with van der Waals surface area (Å²) in [5, 5.41) is 18.2. The monoisotopic (exact) mass is 551 g/mol. The SMILES string of the molecule is CCC(C)C(N)C(=O)NC(Cc1c[nH]c2ccccc12)C(=O)NC(CS)C(=O)NC(CCSC)C(=O)O. The maximum atomic E-state index is 13.4. The number of amides is 3. The Labute approximate surface area is 226 Å². The number of nitrogens with two attached hydrogens (primary N) is 1. The molecule has 0 aliphatic rings. The Morgan fingerprint density at radius 1 is 1.05 bits per heavy atom. The van der Waals surface area contributed by atoms with Crippen molar-refractivity contribution in [3.63, 3.8) is 0 Å². The molecule has 0 spiro atoms. The summed E-state index contributed by atoms with van der Waals surface area (Å²) >= 11 is 5.65. The number of carbonyl (C=O) groups excluding carboxylic acids is 3. The molecule has 0 aliphatic carbocycles. The molecule has 2 aromatic rings. The van der Waals surface area contributed by atoms with E-state index in [-0.39, 0.29) is 24.5 Å². The number of carboxylic acid groups (broad SMARTS) is 1. The molecule has 10 nitrogen and oxygen atoms in total. The van der Waals surface area contributed by atoms with E-state index in [0.717, 1.165) is 16.5 Å². The summed E-state index contributed by atoms with van der Waals surface area (Å²) in [4.78, 5) is 53.7. The third-order valence-corrected chi connectivity index (χ3v) is 7.34. The van der Waals surface area contributed by atoms with E-state index in [1.54, 1.807) is 6.20 Å². The molecular formula is C25H37N5O5S2. The molecular weight excluding hydrogens is 514 g/mol. The maximum Gasteiger partial charge on any atom is 0.326 e. The molecule has 37 heavy (non-hydrogen) atoms. The van der Waals surface area contributed by atoms with Gasteiger partial charge >= 0.3 is 5.97 Å². The number of H-pyrrole nitrogens is 1. The number of aliphatic carboxylic acids is 1. The predicted molar refractivity (Wildman–Crippen MR) is 150 cm³/mol. The Bertz CT molecular complexity index is 1080. The number of benzene rings is 1. The van der Waals surface area contributed by atoms with Gasteiger partial charge in [0.15, 0.2) is 0 Å². The first-order chi connectivity index (χ1) is 17.6. The molecule has 5 atom stereocenters. The second-order valence-electron chi connectivity index (χ2n) is 8.96. The molecule has 7 N–H and O–H groups in total. The van der Waals surface area contributed by atoms with Crippen LogP contribution in [0.25, 0.3) is 10.9 Å². The number of aromatic nitrogens is 1. The van der Waals surface area contributed by atoms with Gasteiger partial charge in [0.1, 0.15) is 18.1 Å². The normalized spacial score (nSPS) is 15.3. The fraction of sp³-hybridized carbons (Fsp3) is 0.520. The van der Waals surface area contributed by atoms with Crippen LogP contribution in [0.4, 0.5) is 0 Å². The molecule has 0 saturated carbocycles. The summed E-state index contributed by atoms with van der Waals surface area (Å²) in [6.45, 7) is 3.78. The van der Waals surface area contributed by atoms with Crippen molar-refractivity contribution in [2.75, 3.05) is 17.8 Å². The van der Waals surface area contributed by atoms with Crippen molar-refractivity contribution in [1.82, 2.24) is 20.9 Å². The topological polar surface area (TPSA) is 166 Å². The number of thioether (sulfide) groups is 1. The molecule has 1 heterocycles. The van der Waals surface area contributed by atoms with Gasteiger partial charge in [0.25, 0.3) is 0 Å². The Morgan fingerprint density at radius 2 is 1.68 bits per heavy atom. The predicted octanol–water partition coefficient (Wildman–Crippen LogP) is 1.31. The van der Waals surface area contributed by atoms with Crippen LogP contribution in [0.2, 0.25) is 0 Å². The maximum absolute atomic E-state index is 13.4. The minimum absolute atomic E-state index is 0.0629. The average Bonchev–Trinajstić information content (AvgIpc) is 3.30. The number of nitrogens with one attached hydrogen (secondary N) is 4. The quantitative estimate of drug-likeness (QED) is 0.164. The molecule has 5 unspecified atom stereocenters. The third-order valence-electron chi connectivity index (χ3n) is 6.33. The van der Waals surface area contributed by atoms with E-state index < -0.39 is 47.9 Å². The van der Waals surface area contributed by atoms with Crippen molar-refractivity contribution in [2.45, 2.75) is 57.3 Å². The van der Waals surface area contributed by atoms with Crippen LogP contribution in [0.1, 0.15) is 32.3 Å². The lowest BCUT2D eigenvalue weighted by Gasteiger charge is -2.25. The van der Waals surface area contributed by atoms with E-state index in [4.69, 9.17) is 5.73 Å². The van der Waals surface area contributed by atoms with E-state index in [0.29, 0.717) is 12.2 Å². The van der Waals surface area contributed by atoms with Crippen molar-refractivity contribution in [1.29, 1.82) is 0 Å². The first kappa shape index (κ1) is 30.5. The van der Waals surface area contributed by atoms with Gasteiger partial charge < -0.3 is 31.8 Å². The highest BCUT2D eigenvalue weighted by Gasteiger charge is 2.31. The van der Waals surface area contributed by atoms with E-state index in [2.05, 4.69) is 33.6 Å². The van der Waals surface area contributed by atoms with Crippen molar-refractivity contribution in [2.24, 2.45) is 11.7 Å². The molecule has 0 radical (unpaired) electrons. The Balaban J connectivity index is 2.23. The standard InChI is InChI=1S/C25H37N5O5S2/c1-4-14(2)21(26)24(33)29-19(11-15-12-27-17-8-6-5-7-16(15)17)22(31)30-20(13-36)23(32)28-18(25(34)35)9-10-37-3/h5-8,12,14,18-21,27,36H,4,9-11,13,26H2,1-3H3,(H,28,32)(H,29,33)(H,30,31)(H,34,35).